The Kier molecular flexibility index (Phi) is 5.33. The fraction of sp³-hybridized carbons (Fsp3) is 0.900. The van der Waals surface area contributed by atoms with Gasteiger partial charge < -0.3 is 10.6 Å². The molecule has 1 rings (SSSR count). The molecule has 1 amide bonds. The van der Waals surface area contributed by atoms with Gasteiger partial charge in [0, 0.05) is 18.3 Å². The van der Waals surface area contributed by atoms with Crippen molar-refractivity contribution in [3.63, 3.8) is 0 Å². The van der Waals surface area contributed by atoms with E-state index >= 15 is 0 Å². The molecule has 0 aromatic heterocycles. The minimum atomic E-state index is 0.175. The molecule has 1 aliphatic heterocycles. The van der Waals surface area contributed by atoms with Gasteiger partial charge in [0.25, 0.3) is 0 Å². The zero-order valence-electron chi connectivity index (χ0n) is 9.01. The van der Waals surface area contributed by atoms with Gasteiger partial charge in [-0.05, 0) is 12.8 Å². The first-order valence-electron chi connectivity index (χ1n) is 5.40. The van der Waals surface area contributed by atoms with E-state index in [4.69, 9.17) is 0 Å². The number of thioether (sulfide) groups is 1. The van der Waals surface area contributed by atoms with Crippen molar-refractivity contribution in [3.8, 4) is 0 Å². The number of hydrogen-bond donors (Lipinski definition) is 2. The van der Waals surface area contributed by atoms with E-state index in [1.54, 1.807) is 0 Å². The van der Waals surface area contributed by atoms with E-state index in [9.17, 15) is 4.79 Å². The highest BCUT2D eigenvalue weighted by Gasteiger charge is 2.24. The van der Waals surface area contributed by atoms with Gasteiger partial charge in [-0.15, -0.1) is 11.8 Å². The highest BCUT2D eigenvalue weighted by Crippen LogP contribution is 2.22. The number of nitrogens with one attached hydrogen (secondary N) is 2. The molecule has 0 saturated carbocycles. The monoisotopic (exact) mass is 216 g/mol. The lowest BCUT2D eigenvalue weighted by Crippen LogP contribution is -2.34. The Labute approximate surface area is 90.4 Å². The molecule has 0 radical (unpaired) electrons. The smallest absolute Gasteiger partial charge is 0.222 e. The van der Waals surface area contributed by atoms with E-state index in [0.717, 1.165) is 25.1 Å². The number of carbonyl (C=O) groups excluding carboxylic acids is 1. The van der Waals surface area contributed by atoms with Crippen molar-refractivity contribution in [1.82, 2.24) is 10.6 Å². The first-order valence-corrected chi connectivity index (χ1v) is 6.45. The van der Waals surface area contributed by atoms with Crippen LogP contribution in [0.5, 0.6) is 0 Å². The maximum Gasteiger partial charge on any atom is 0.222 e. The van der Waals surface area contributed by atoms with Crippen molar-refractivity contribution in [2.45, 2.75) is 44.5 Å². The van der Waals surface area contributed by atoms with Crippen LogP contribution in [0.3, 0.4) is 0 Å². The van der Waals surface area contributed by atoms with Gasteiger partial charge in [-0.25, -0.2) is 0 Å². The first-order chi connectivity index (χ1) is 6.76. The summed E-state index contributed by atoms with van der Waals surface area (Å²) in [6.07, 6.45) is 2.77. The van der Waals surface area contributed by atoms with E-state index in [0.29, 0.717) is 17.8 Å². The van der Waals surface area contributed by atoms with Gasteiger partial charge >= 0.3 is 0 Å². The summed E-state index contributed by atoms with van der Waals surface area (Å²) in [5.41, 5.74) is 0. The SMILES string of the molecule is CCCNC(=O)CC1NC(CC)CS1. The number of carbonyl (C=O) groups is 1. The van der Waals surface area contributed by atoms with Crippen LogP contribution in [0.25, 0.3) is 0 Å². The normalized spacial score (nSPS) is 26.4. The second-order valence-corrected chi connectivity index (χ2v) is 4.88. The third-order valence-corrected chi connectivity index (χ3v) is 3.66. The highest BCUT2D eigenvalue weighted by atomic mass is 32.2. The standard InChI is InChI=1S/C10H20N2OS/c1-3-5-11-9(13)6-10-12-8(4-2)7-14-10/h8,10,12H,3-7H2,1-2H3,(H,11,13). The van der Waals surface area contributed by atoms with Crippen molar-refractivity contribution >= 4 is 17.7 Å². The lowest BCUT2D eigenvalue weighted by molar-refractivity contribution is -0.121. The van der Waals surface area contributed by atoms with Gasteiger partial charge in [0.2, 0.25) is 5.91 Å². The molecule has 1 aliphatic rings. The predicted molar refractivity (Wildman–Crippen MR) is 61.4 cm³/mol. The van der Waals surface area contributed by atoms with E-state index < -0.39 is 0 Å². The molecule has 2 N–H and O–H groups in total. The van der Waals surface area contributed by atoms with Crippen LogP contribution in [-0.2, 0) is 4.79 Å². The molecule has 2 unspecified atom stereocenters. The average Bonchev–Trinajstić information content (AvgIpc) is 2.62. The molecule has 0 spiro atoms. The van der Waals surface area contributed by atoms with Gasteiger partial charge in [0.15, 0.2) is 0 Å². The largest absolute Gasteiger partial charge is 0.356 e. The number of hydrogen-bond acceptors (Lipinski definition) is 3. The van der Waals surface area contributed by atoms with Crippen molar-refractivity contribution in [2.24, 2.45) is 0 Å². The molecule has 4 heteroatoms. The molecule has 0 aliphatic carbocycles. The van der Waals surface area contributed by atoms with Crippen LogP contribution >= 0.6 is 11.8 Å². The van der Waals surface area contributed by atoms with Crippen LogP contribution in [0.15, 0.2) is 0 Å². The molecule has 1 heterocycles. The highest BCUT2D eigenvalue weighted by molar-refractivity contribution is 8.00. The van der Waals surface area contributed by atoms with Crippen LogP contribution in [0.4, 0.5) is 0 Å². The van der Waals surface area contributed by atoms with E-state index in [2.05, 4.69) is 24.5 Å². The molecule has 3 nitrogen and oxygen atoms in total. The summed E-state index contributed by atoms with van der Waals surface area (Å²) in [7, 11) is 0. The van der Waals surface area contributed by atoms with E-state index in [1.807, 2.05) is 11.8 Å². The summed E-state index contributed by atoms with van der Waals surface area (Å²) in [5, 5.41) is 6.68. The zero-order chi connectivity index (χ0) is 10.4. The molecule has 1 saturated heterocycles. The summed E-state index contributed by atoms with van der Waals surface area (Å²) in [6, 6.07) is 0.601. The van der Waals surface area contributed by atoms with Crippen molar-refractivity contribution in [2.75, 3.05) is 12.3 Å². The molecular weight excluding hydrogens is 196 g/mol. The maximum atomic E-state index is 11.4. The van der Waals surface area contributed by atoms with Crippen molar-refractivity contribution < 1.29 is 4.79 Å². The van der Waals surface area contributed by atoms with Gasteiger partial charge in [0.1, 0.15) is 0 Å². The quantitative estimate of drug-likeness (QED) is 0.729. The third-order valence-electron chi connectivity index (χ3n) is 2.36. The fourth-order valence-electron chi connectivity index (χ4n) is 1.45. The molecule has 0 aromatic rings. The number of amides is 1. The molecule has 0 bridgehead atoms. The van der Waals surface area contributed by atoms with Gasteiger partial charge in [0.05, 0.1) is 11.8 Å². The molecular formula is C10H20N2OS. The van der Waals surface area contributed by atoms with Crippen molar-refractivity contribution in [3.05, 3.63) is 0 Å². The molecule has 2 atom stereocenters. The van der Waals surface area contributed by atoms with Gasteiger partial charge in [-0.2, -0.15) is 0 Å². The van der Waals surface area contributed by atoms with Crippen molar-refractivity contribution in [1.29, 1.82) is 0 Å². The Morgan fingerprint density at radius 3 is 2.93 bits per heavy atom. The van der Waals surface area contributed by atoms with Crippen LogP contribution < -0.4 is 10.6 Å². The molecule has 1 fully saturated rings. The molecule has 14 heavy (non-hydrogen) atoms. The topological polar surface area (TPSA) is 41.1 Å². The second-order valence-electron chi connectivity index (χ2n) is 3.65. The average molecular weight is 216 g/mol. The van der Waals surface area contributed by atoms with Crippen LogP contribution in [0.2, 0.25) is 0 Å². The third kappa shape index (κ3) is 3.88. The molecule has 0 aromatic carbocycles. The Balaban J connectivity index is 2.15. The Morgan fingerprint density at radius 2 is 2.36 bits per heavy atom. The molecule has 82 valence electrons. The summed E-state index contributed by atoms with van der Waals surface area (Å²) in [4.78, 5) is 11.4. The number of rotatable bonds is 5. The summed E-state index contributed by atoms with van der Waals surface area (Å²) in [6.45, 7) is 5.04. The maximum absolute atomic E-state index is 11.4. The second kappa shape index (κ2) is 6.30. The Bertz CT molecular complexity index is 187. The summed E-state index contributed by atoms with van der Waals surface area (Å²) in [5.74, 6) is 1.32. The van der Waals surface area contributed by atoms with Crippen LogP contribution in [0, 0.1) is 0 Å². The Morgan fingerprint density at radius 1 is 1.57 bits per heavy atom. The fourth-order valence-corrected chi connectivity index (χ4v) is 2.80. The summed E-state index contributed by atoms with van der Waals surface area (Å²) >= 11 is 1.86. The van der Waals surface area contributed by atoms with Crippen LogP contribution in [-0.4, -0.2) is 29.6 Å². The van der Waals surface area contributed by atoms with Crippen LogP contribution in [0.1, 0.15) is 33.1 Å². The zero-order valence-corrected chi connectivity index (χ0v) is 9.82. The first kappa shape index (κ1) is 11.9. The van der Waals surface area contributed by atoms with E-state index in [1.165, 1.54) is 0 Å². The van der Waals surface area contributed by atoms with E-state index in [-0.39, 0.29) is 5.91 Å². The lowest BCUT2D eigenvalue weighted by atomic mass is 10.2. The van der Waals surface area contributed by atoms with Gasteiger partial charge in [-0.1, -0.05) is 13.8 Å². The Hall–Kier alpha value is -0.220. The lowest BCUT2D eigenvalue weighted by Gasteiger charge is -2.11. The van der Waals surface area contributed by atoms with Gasteiger partial charge in [-0.3, -0.25) is 4.79 Å². The summed E-state index contributed by atoms with van der Waals surface area (Å²) < 4.78 is 0. The minimum absolute atomic E-state index is 0.175. The predicted octanol–water partition coefficient (Wildman–Crippen LogP) is 1.34. The minimum Gasteiger partial charge on any atom is -0.356 e.